The fraction of sp³-hybridized carbons (Fsp3) is 0.300. The maximum absolute atomic E-state index is 14.7. The predicted octanol–water partition coefficient (Wildman–Crippen LogP) is 3.60. The molecule has 0 aliphatic carbocycles. The molecule has 3 rings (SSSR count). The van der Waals surface area contributed by atoms with Crippen molar-refractivity contribution in [3.05, 3.63) is 74.3 Å². The molecule has 2 N–H and O–H groups in total. The van der Waals surface area contributed by atoms with Gasteiger partial charge in [-0.25, -0.2) is 22.7 Å². The van der Waals surface area contributed by atoms with Crippen LogP contribution in [0.3, 0.4) is 0 Å². The van der Waals surface area contributed by atoms with Gasteiger partial charge in [-0.05, 0) is 48.7 Å². The molecule has 166 valence electrons. The van der Waals surface area contributed by atoms with Crippen LogP contribution < -0.4 is 15.2 Å². The summed E-state index contributed by atoms with van der Waals surface area (Å²) in [7, 11) is -2.91. The van der Waals surface area contributed by atoms with Crippen LogP contribution >= 0.6 is 11.6 Å². The van der Waals surface area contributed by atoms with Gasteiger partial charge in [0.05, 0.1) is 7.11 Å². The number of rotatable bonds is 7. The number of halogens is 2. The smallest absolute Gasteiger partial charge is 0.434 e. The van der Waals surface area contributed by atoms with Crippen LogP contribution in [0.15, 0.2) is 44.4 Å². The van der Waals surface area contributed by atoms with E-state index in [4.69, 9.17) is 20.8 Å². The van der Waals surface area contributed by atoms with Crippen molar-refractivity contribution in [2.45, 2.75) is 37.6 Å². The minimum absolute atomic E-state index is 0.0211. The number of aryl methyl sites for hydroxylation is 1. The van der Waals surface area contributed by atoms with E-state index in [1.165, 1.54) is 31.4 Å². The fourth-order valence-corrected chi connectivity index (χ4v) is 4.95. The van der Waals surface area contributed by atoms with Gasteiger partial charge in [-0.2, -0.15) is 4.72 Å². The molecule has 0 aliphatic rings. The van der Waals surface area contributed by atoms with Gasteiger partial charge >= 0.3 is 5.76 Å². The quantitative estimate of drug-likeness (QED) is 0.546. The average Bonchev–Trinajstić information content (AvgIpc) is 3.14. The molecule has 0 saturated carbocycles. The lowest BCUT2D eigenvalue weighted by atomic mass is 9.88. The van der Waals surface area contributed by atoms with Crippen LogP contribution in [-0.4, -0.2) is 25.7 Å². The van der Waals surface area contributed by atoms with Crippen molar-refractivity contribution in [3.63, 3.8) is 0 Å². The molecule has 2 aromatic carbocycles. The molecule has 3 aromatic rings. The molecule has 31 heavy (non-hydrogen) atoms. The topological polar surface area (TPSA) is 114 Å². The van der Waals surface area contributed by atoms with Crippen LogP contribution in [0.5, 0.6) is 5.75 Å². The van der Waals surface area contributed by atoms with Crippen molar-refractivity contribution in [2.24, 2.45) is 0 Å². The number of aromatic nitrogens is 2. The number of sulfonamides is 1. The predicted molar refractivity (Wildman–Crippen MR) is 112 cm³/mol. The first-order chi connectivity index (χ1) is 14.5. The van der Waals surface area contributed by atoms with Gasteiger partial charge in [-0.3, -0.25) is 0 Å². The maximum atomic E-state index is 14.7. The first-order valence-electron chi connectivity index (χ1n) is 9.22. The summed E-state index contributed by atoms with van der Waals surface area (Å²) < 4.78 is 53.8. The van der Waals surface area contributed by atoms with Crippen molar-refractivity contribution in [3.8, 4) is 5.75 Å². The van der Waals surface area contributed by atoms with E-state index in [0.717, 1.165) is 5.56 Å². The summed E-state index contributed by atoms with van der Waals surface area (Å²) in [5.41, 5.74) is 1.76. The Hall–Kier alpha value is -2.69. The molecular weight excluding hydrogens is 449 g/mol. The Morgan fingerprint density at radius 1 is 1.26 bits per heavy atom. The number of H-pyrrole nitrogens is 1. The minimum Gasteiger partial charge on any atom is -0.495 e. The van der Waals surface area contributed by atoms with Crippen LogP contribution in [0.2, 0.25) is 5.02 Å². The second kappa shape index (κ2) is 8.81. The lowest BCUT2D eigenvalue weighted by molar-refractivity contribution is 0.374. The zero-order valence-electron chi connectivity index (χ0n) is 17.2. The van der Waals surface area contributed by atoms with E-state index in [1.54, 1.807) is 19.9 Å². The third-order valence-corrected chi connectivity index (χ3v) is 6.82. The number of nitrogens with one attached hydrogen (secondary N) is 2. The Kier molecular flexibility index (Phi) is 6.54. The van der Waals surface area contributed by atoms with Crippen LogP contribution in [0, 0.1) is 19.7 Å². The van der Waals surface area contributed by atoms with E-state index in [9.17, 15) is 17.6 Å². The van der Waals surface area contributed by atoms with Gasteiger partial charge in [0.1, 0.15) is 22.5 Å². The molecule has 8 nitrogen and oxygen atoms in total. The highest BCUT2D eigenvalue weighted by atomic mass is 35.5. The van der Waals surface area contributed by atoms with Crippen molar-refractivity contribution in [1.82, 2.24) is 14.9 Å². The highest BCUT2D eigenvalue weighted by Gasteiger charge is 2.34. The second-order valence-corrected chi connectivity index (χ2v) is 9.16. The summed E-state index contributed by atoms with van der Waals surface area (Å²) in [5.74, 6) is -2.36. The summed E-state index contributed by atoms with van der Waals surface area (Å²) in [5, 5.41) is 6.17. The van der Waals surface area contributed by atoms with Gasteiger partial charge in [0.25, 0.3) is 0 Å². The molecule has 11 heteroatoms. The molecule has 0 unspecified atom stereocenters. The normalized spacial score (nSPS) is 13.7. The summed E-state index contributed by atoms with van der Waals surface area (Å²) >= 11 is 5.93. The van der Waals surface area contributed by atoms with E-state index < -0.39 is 33.6 Å². The molecule has 0 spiro atoms. The van der Waals surface area contributed by atoms with Crippen LogP contribution in [0.1, 0.15) is 41.5 Å². The molecule has 0 fully saturated rings. The molecule has 2 atom stereocenters. The van der Waals surface area contributed by atoms with Gasteiger partial charge in [-0.15, -0.1) is 5.10 Å². The summed E-state index contributed by atoms with van der Waals surface area (Å²) in [4.78, 5) is 11.4. The summed E-state index contributed by atoms with van der Waals surface area (Å²) in [6, 6.07) is 5.78. The lowest BCUT2D eigenvalue weighted by Crippen LogP contribution is -2.33. The first kappa shape index (κ1) is 23.0. The molecule has 0 bridgehead atoms. The van der Waals surface area contributed by atoms with E-state index in [1.807, 2.05) is 6.92 Å². The third kappa shape index (κ3) is 4.65. The number of benzene rings is 2. The highest BCUT2D eigenvalue weighted by Crippen LogP contribution is 2.36. The molecule has 0 radical (unpaired) electrons. The number of ether oxygens (including phenoxy) is 1. The Morgan fingerprint density at radius 2 is 1.97 bits per heavy atom. The SMILES string of the molecule is COc1cc(Cl)ccc1S(=O)(=O)N[C@H](c1n[nH]c(=O)o1)[C@H](C)c1c(F)ccc(C)c1C. The molecule has 0 saturated heterocycles. The molecule has 0 aliphatic heterocycles. The minimum atomic E-state index is -4.22. The lowest BCUT2D eigenvalue weighted by Gasteiger charge is -2.25. The summed E-state index contributed by atoms with van der Waals surface area (Å²) in [6.07, 6.45) is 0. The number of aromatic amines is 1. The summed E-state index contributed by atoms with van der Waals surface area (Å²) in [6.45, 7) is 5.17. The third-order valence-electron chi connectivity index (χ3n) is 5.11. The molecule has 0 amide bonds. The zero-order chi connectivity index (χ0) is 22.9. The fourth-order valence-electron chi connectivity index (χ4n) is 3.36. The van der Waals surface area contributed by atoms with Gasteiger partial charge in [0, 0.05) is 17.0 Å². The highest BCUT2D eigenvalue weighted by molar-refractivity contribution is 7.89. The standard InChI is InChI=1S/C20H21ClFN3O5S/c1-10-5-7-14(22)17(11(10)2)12(3)18(19-23-24-20(26)30-19)25-31(27,28)16-8-6-13(21)9-15(16)29-4/h5-9,12,18,25H,1-4H3,(H,24,26)/t12-,18+/m1/s1. The zero-order valence-corrected chi connectivity index (χ0v) is 18.8. The molecule has 1 aromatic heterocycles. The number of methoxy groups -OCH3 is 1. The van der Waals surface area contributed by atoms with Crippen LogP contribution in [-0.2, 0) is 10.0 Å². The Balaban J connectivity index is 2.12. The first-order valence-corrected chi connectivity index (χ1v) is 11.1. The van der Waals surface area contributed by atoms with Crippen molar-refractivity contribution in [1.29, 1.82) is 0 Å². The van der Waals surface area contributed by atoms with Crippen molar-refractivity contribution < 1.29 is 22.0 Å². The van der Waals surface area contributed by atoms with E-state index in [-0.39, 0.29) is 27.1 Å². The monoisotopic (exact) mass is 469 g/mol. The van der Waals surface area contributed by atoms with E-state index in [0.29, 0.717) is 5.56 Å². The van der Waals surface area contributed by atoms with Crippen molar-refractivity contribution in [2.75, 3.05) is 7.11 Å². The van der Waals surface area contributed by atoms with Gasteiger partial charge in [0.2, 0.25) is 15.9 Å². The number of hydrogen-bond donors (Lipinski definition) is 2. The van der Waals surface area contributed by atoms with Gasteiger partial charge < -0.3 is 9.15 Å². The van der Waals surface area contributed by atoms with E-state index in [2.05, 4.69) is 14.9 Å². The molecule has 1 heterocycles. The number of nitrogens with zero attached hydrogens (tertiary/aromatic N) is 1. The van der Waals surface area contributed by atoms with Gasteiger partial charge in [0.15, 0.2) is 0 Å². The Labute approximate surface area is 183 Å². The second-order valence-electron chi connectivity index (χ2n) is 7.04. The molecular formula is C20H21ClFN3O5S. The average molecular weight is 470 g/mol. The van der Waals surface area contributed by atoms with Gasteiger partial charge in [-0.1, -0.05) is 24.6 Å². The largest absolute Gasteiger partial charge is 0.495 e. The van der Waals surface area contributed by atoms with E-state index >= 15 is 0 Å². The van der Waals surface area contributed by atoms with Crippen LogP contribution in [0.4, 0.5) is 4.39 Å². The Morgan fingerprint density at radius 3 is 2.58 bits per heavy atom. The Bertz CT molecular complexity index is 1270. The van der Waals surface area contributed by atoms with Crippen molar-refractivity contribution >= 4 is 21.6 Å². The van der Waals surface area contributed by atoms with Crippen LogP contribution in [0.25, 0.3) is 0 Å². The maximum Gasteiger partial charge on any atom is 0.434 e. The number of hydrogen-bond acceptors (Lipinski definition) is 6.